The van der Waals surface area contributed by atoms with Gasteiger partial charge in [0.05, 0.1) is 6.54 Å². The summed E-state index contributed by atoms with van der Waals surface area (Å²) in [4.78, 5) is 14.3. The number of nitrogens with two attached hydrogens (primary N) is 1. The number of rotatable bonds is 4. The third-order valence-electron chi connectivity index (χ3n) is 4.09. The van der Waals surface area contributed by atoms with Crippen molar-refractivity contribution in [1.82, 2.24) is 4.90 Å². The minimum Gasteiger partial charge on any atom is -0.327 e. The van der Waals surface area contributed by atoms with Gasteiger partial charge in [-0.2, -0.15) is 0 Å². The van der Waals surface area contributed by atoms with E-state index >= 15 is 0 Å². The maximum Gasteiger partial charge on any atom is 0.238 e. The molecule has 116 valence electrons. The number of hydrogen-bond acceptors (Lipinski definition) is 3. The van der Waals surface area contributed by atoms with Crippen molar-refractivity contribution in [3.8, 4) is 0 Å². The fraction of sp³-hybridized carbons (Fsp3) is 0.562. The van der Waals surface area contributed by atoms with Gasteiger partial charge in [0.25, 0.3) is 0 Å². The molecular formula is C16H24FN3O. The molecule has 1 heterocycles. The third kappa shape index (κ3) is 4.25. The van der Waals surface area contributed by atoms with Gasteiger partial charge in [-0.3, -0.25) is 9.69 Å². The molecule has 1 amide bonds. The molecule has 0 saturated carbocycles. The normalized spacial score (nSPS) is 21.0. The molecule has 2 atom stereocenters. The van der Waals surface area contributed by atoms with E-state index in [1.807, 2.05) is 13.8 Å². The van der Waals surface area contributed by atoms with Gasteiger partial charge < -0.3 is 11.1 Å². The van der Waals surface area contributed by atoms with Crippen LogP contribution < -0.4 is 11.1 Å². The largest absolute Gasteiger partial charge is 0.327 e. The van der Waals surface area contributed by atoms with E-state index in [9.17, 15) is 9.18 Å². The van der Waals surface area contributed by atoms with Crippen LogP contribution in [-0.2, 0) is 4.79 Å². The maximum absolute atomic E-state index is 13.2. The Morgan fingerprint density at radius 3 is 3.00 bits per heavy atom. The van der Waals surface area contributed by atoms with Crippen molar-refractivity contribution in [1.29, 1.82) is 0 Å². The van der Waals surface area contributed by atoms with Crippen LogP contribution in [0.15, 0.2) is 18.2 Å². The van der Waals surface area contributed by atoms with E-state index in [4.69, 9.17) is 5.73 Å². The highest BCUT2D eigenvalue weighted by molar-refractivity contribution is 5.93. The molecule has 0 radical (unpaired) electrons. The van der Waals surface area contributed by atoms with Gasteiger partial charge >= 0.3 is 0 Å². The van der Waals surface area contributed by atoms with Gasteiger partial charge in [0, 0.05) is 17.8 Å². The van der Waals surface area contributed by atoms with Crippen molar-refractivity contribution in [3.05, 3.63) is 29.6 Å². The number of anilines is 1. The first-order valence-electron chi connectivity index (χ1n) is 7.53. The molecule has 2 unspecified atom stereocenters. The average Bonchev–Trinajstić information content (AvgIpc) is 2.43. The Bertz CT molecular complexity index is 504. The molecular weight excluding hydrogens is 269 g/mol. The fourth-order valence-electron chi connectivity index (χ4n) is 2.91. The van der Waals surface area contributed by atoms with Gasteiger partial charge in [-0.05, 0) is 50.9 Å². The molecule has 1 fully saturated rings. The van der Waals surface area contributed by atoms with Crippen LogP contribution in [0.1, 0.15) is 31.7 Å². The average molecular weight is 293 g/mol. The van der Waals surface area contributed by atoms with E-state index < -0.39 is 0 Å². The Balaban J connectivity index is 1.98. The predicted molar refractivity (Wildman–Crippen MR) is 82.6 cm³/mol. The molecule has 3 N–H and O–H groups in total. The first kappa shape index (κ1) is 15.9. The topological polar surface area (TPSA) is 58.4 Å². The molecule has 1 saturated heterocycles. The zero-order chi connectivity index (χ0) is 15.4. The van der Waals surface area contributed by atoms with Crippen molar-refractivity contribution in [3.63, 3.8) is 0 Å². The predicted octanol–water partition coefficient (Wildman–Crippen LogP) is 2.27. The summed E-state index contributed by atoms with van der Waals surface area (Å²) >= 11 is 0. The van der Waals surface area contributed by atoms with Crippen LogP contribution in [-0.4, -0.2) is 36.0 Å². The summed E-state index contributed by atoms with van der Waals surface area (Å²) in [5.41, 5.74) is 7.40. The van der Waals surface area contributed by atoms with Crippen LogP contribution in [0.25, 0.3) is 0 Å². The van der Waals surface area contributed by atoms with Crippen molar-refractivity contribution in [2.45, 2.75) is 45.2 Å². The van der Waals surface area contributed by atoms with E-state index in [0.29, 0.717) is 12.2 Å². The van der Waals surface area contributed by atoms with Crippen LogP contribution in [0, 0.1) is 12.7 Å². The number of nitrogens with zero attached hydrogens (tertiary/aromatic N) is 1. The Morgan fingerprint density at radius 2 is 2.29 bits per heavy atom. The summed E-state index contributed by atoms with van der Waals surface area (Å²) in [5.74, 6) is -0.460. The van der Waals surface area contributed by atoms with Gasteiger partial charge in [-0.15, -0.1) is 0 Å². The summed E-state index contributed by atoms with van der Waals surface area (Å²) in [5, 5.41) is 2.80. The Labute approximate surface area is 125 Å². The lowest BCUT2D eigenvalue weighted by Crippen LogP contribution is -2.51. The van der Waals surface area contributed by atoms with Gasteiger partial charge in [0.15, 0.2) is 0 Å². The number of amides is 1. The zero-order valence-electron chi connectivity index (χ0n) is 12.7. The van der Waals surface area contributed by atoms with Crippen LogP contribution in [0.3, 0.4) is 0 Å². The first-order chi connectivity index (χ1) is 9.97. The Kier molecular flexibility index (Phi) is 5.31. The standard InChI is InChI=1S/C16H24FN3O/c1-11-6-7-13(17)9-14(11)19-16(21)10-20-8-4-3-5-15(20)12(2)18/h6-7,9,12,15H,3-5,8,10,18H2,1-2H3,(H,19,21). The number of nitrogens with one attached hydrogen (secondary N) is 1. The second-order valence-electron chi connectivity index (χ2n) is 5.90. The van der Waals surface area contributed by atoms with Crippen molar-refractivity contribution in [2.75, 3.05) is 18.4 Å². The number of carbonyl (C=O) groups excluding carboxylic acids is 1. The van der Waals surface area contributed by atoms with Crippen molar-refractivity contribution in [2.24, 2.45) is 5.73 Å². The van der Waals surface area contributed by atoms with Gasteiger partial charge in [-0.25, -0.2) is 4.39 Å². The highest BCUT2D eigenvalue weighted by atomic mass is 19.1. The monoisotopic (exact) mass is 293 g/mol. The third-order valence-corrected chi connectivity index (χ3v) is 4.09. The summed E-state index contributed by atoms with van der Waals surface area (Å²) < 4.78 is 13.2. The van der Waals surface area contributed by atoms with Gasteiger partial charge in [0.1, 0.15) is 5.82 Å². The van der Waals surface area contributed by atoms with E-state index in [0.717, 1.165) is 31.4 Å². The number of piperidine rings is 1. The smallest absolute Gasteiger partial charge is 0.238 e. The second kappa shape index (κ2) is 7.00. The molecule has 1 aliphatic heterocycles. The lowest BCUT2D eigenvalue weighted by atomic mass is 9.97. The summed E-state index contributed by atoms with van der Waals surface area (Å²) in [6.45, 7) is 5.03. The molecule has 0 spiro atoms. The number of hydrogen-bond donors (Lipinski definition) is 2. The Morgan fingerprint density at radius 1 is 1.52 bits per heavy atom. The first-order valence-corrected chi connectivity index (χ1v) is 7.53. The van der Waals surface area contributed by atoms with E-state index in [1.165, 1.54) is 12.1 Å². The van der Waals surface area contributed by atoms with E-state index in [1.54, 1.807) is 6.07 Å². The molecule has 21 heavy (non-hydrogen) atoms. The molecule has 1 aromatic rings. The highest BCUT2D eigenvalue weighted by Gasteiger charge is 2.26. The number of carbonyl (C=O) groups is 1. The zero-order valence-corrected chi connectivity index (χ0v) is 12.7. The molecule has 0 aromatic heterocycles. The molecule has 0 bridgehead atoms. The summed E-state index contributed by atoms with van der Waals surface area (Å²) in [7, 11) is 0. The molecule has 1 aliphatic rings. The molecule has 2 rings (SSSR count). The summed E-state index contributed by atoms with van der Waals surface area (Å²) in [6, 6.07) is 4.71. The minimum atomic E-state index is -0.345. The van der Waals surface area contributed by atoms with Crippen LogP contribution in [0.4, 0.5) is 10.1 Å². The molecule has 5 heteroatoms. The second-order valence-corrected chi connectivity index (χ2v) is 5.90. The van der Waals surface area contributed by atoms with Crippen molar-refractivity contribution >= 4 is 11.6 Å². The van der Waals surface area contributed by atoms with Crippen molar-refractivity contribution < 1.29 is 9.18 Å². The quantitative estimate of drug-likeness (QED) is 0.895. The SMILES string of the molecule is Cc1ccc(F)cc1NC(=O)CN1CCCCC1C(C)N. The van der Waals surface area contributed by atoms with Gasteiger partial charge in [-0.1, -0.05) is 12.5 Å². The number of halogens is 1. The lowest BCUT2D eigenvalue weighted by molar-refractivity contribution is -0.118. The van der Waals surface area contributed by atoms with Crippen LogP contribution in [0.2, 0.25) is 0 Å². The van der Waals surface area contributed by atoms with Gasteiger partial charge in [0.2, 0.25) is 5.91 Å². The number of aryl methyl sites for hydroxylation is 1. The summed E-state index contributed by atoms with van der Waals surface area (Å²) in [6.07, 6.45) is 3.28. The molecule has 4 nitrogen and oxygen atoms in total. The number of benzene rings is 1. The van der Waals surface area contributed by atoms with E-state index in [-0.39, 0.29) is 23.8 Å². The minimum absolute atomic E-state index is 0.0500. The Hall–Kier alpha value is -1.46. The maximum atomic E-state index is 13.2. The van der Waals surface area contributed by atoms with Crippen LogP contribution in [0.5, 0.6) is 0 Å². The van der Waals surface area contributed by atoms with E-state index in [2.05, 4.69) is 10.2 Å². The highest BCUT2D eigenvalue weighted by Crippen LogP contribution is 2.20. The number of likely N-dealkylation sites (tertiary alicyclic amines) is 1. The van der Waals surface area contributed by atoms with Crippen LogP contribution >= 0.6 is 0 Å². The molecule has 1 aromatic carbocycles. The lowest BCUT2D eigenvalue weighted by Gasteiger charge is -2.37. The fourth-order valence-corrected chi connectivity index (χ4v) is 2.91. The molecule has 0 aliphatic carbocycles.